The molecule has 0 heterocycles. The van der Waals surface area contributed by atoms with Crippen molar-refractivity contribution in [2.24, 2.45) is 0 Å². The topological polar surface area (TPSA) is 87.3 Å². The smallest absolute Gasteiger partial charge is 0.254 e. The molecule has 0 spiro atoms. The third kappa shape index (κ3) is 5.87. The molecule has 8 heteroatoms. The number of halogens is 2. The van der Waals surface area contributed by atoms with Gasteiger partial charge in [0.2, 0.25) is 11.8 Å². The normalized spacial score (nSPS) is 10.3. The van der Waals surface area contributed by atoms with Crippen molar-refractivity contribution in [1.82, 2.24) is 5.32 Å². The second kappa shape index (κ2) is 9.59. The maximum atomic E-state index is 13.5. The minimum atomic E-state index is -0.940. The van der Waals surface area contributed by atoms with Gasteiger partial charge in [-0.25, -0.2) is 8.78 Å². The fourth-order valence-electron chi connectivity index (χ4n) is 2.53. The zero-order valence-corrected chi connectivity index (χ0v) is 15.6. The van der Waals surface area contributed by atoms with Gasteiger partial charge in [0.1, 0.15) is 11.6 Å². The van der Waals surface area contributed by atoms with Gasteiger partial charge in [0.15, 0.2) is 0 Å². The highest BCUT2D eigenvalue weighted by Crippen LogP contribution is 2.23. The van der Waals surface area contributed by atoms with E-state index in [4.69, 9.17) is 0 Å². The van der Waals surface area contributed by atoms with E-state index < -0.39 is 17.5 Å². The zero-order chi connectivity index (χ0) is 20.7. The van der Waals surface area contributed by atoms with Crippen LogP contribution in [0.15, 0.2) is 36.4 Å². The lowest BCUT2D eigenvalue weighted by atomic mass is 10.1. The number of carbonyl (C=O) groups excluding carboxylic acids is 3. The molecule has 3 amide bonds. The van der Waals surface area contributed by atoms with Gasteiger partial charge in [-0.3, -0.25) is 14.4 Å². The Labute approximate surface area is 161 Å². The number of hydrogen-bond acceptors (Lipinski definition) is 3. The Bertz CT molecular complexity index is 900. The molecule has 0 fully saturated rings. The molecular weight excluding hydrogens is 368 g/mol. The Morgan fingerprint density at radius 3 is 2.32 bits per heavy atom. The number of nitrogens with one attached hydrogen (secondary N) is 3. The van der Waals surface area contributed by atoms with Crippen LogP contribution in [0.1, 0.15) is 35.7 Å². The summed E-state index contributed by atoms with van der Waals surface area (Å²) in [4.78, 5) is 35.2. The van der Waals surface area contributed by atoms with Crippen molar-refractivity contribution < 1.29 is 23.2 Å². The molecule has 0 aliphatic rings. The van der Waals surface area contributed by atoms with Gasteiger partial charge in [0.05, 0.1) is 5.56 Å². The summed E-state index contributed by atoms with van der Waals surface area (Å²) in [5.41, 5.74) is 1.66. The molecule has 2 aromatic rings. The fraction of sp³-hybridized carbons (Fsp3) is 0.250. The first-order valence-corrected chi connectivity index (χ1v) is 8.68. The number of anilines is 2. The van der Waals surface area contributed by atoms with E-state index in [1.54, 1.807) is 25.1 Å². The van der Waals surface area contributed by atoms with Crippen molar-refractivity contribution in [3.05, 3.63) is 59.2 Å². The molecule has 0 aromatic heterocycles. The van der Waals surface area contributed by atoms with Gasteiger partial charge < -0.3 is 16.0 Å². The van der Waals surface area contributed by atoms with Gasteiger partial charge in [-0.1, -0.05) is 6.07 Å². The largest absolute Gasteiger partial charge is 0.352 e. The van der Waals surface area contributed by atoms with Crippen LogP contribution in [0.25, 0.3) is 0 Å². The first kappa shape index (κ1) is 21.0. The van der Waals surface area contributed by atoms with Crippen molar-refractivity contribution in [1.29, 1.82) is 0 Å². The third-order valence-corrected chi connectivity index (χ3v) is 3.96. The molecule has 0 saturated heterocycles. The number of benzene rings is 2. The molecule has 0 unspecified atom stereocenters. The predicted octanol–water partition coefficient (Wildman–Crippen LogP) is 3.38. The average molecular weight is 389 g/mol. The maximum absolute atomic E-state index is 13.5. The summed E-state index contributed by atoms with van der Waals surface area (Å²) in [6.45, 7) is 3.34. The summed E-state index contributed by atoms with van der Waals surface area (Å²) in [6.07, 6.45) is 0.473. The van der Waals surface area contributed by atoms with E-state index in [0.717, 1.165) is 17.7 Å². The molecule has 2 rings (SSSR count). The van der Waals surface area contributed by atoms with E-state index in [0.29, 0.717) is 23.9 Å². The number of rotatable bonds is 7. The minimum Gasteiger partial charge on any atom is -0.352 e. The molecule has 6 nitrogen and oxygen atoms in total. The van der Waals surface area contributed by atoms with Crippen molar-refractivity contribution in [3.63, 3.8) is 0 Å². The maximum Gasteiger partial charge on any atom is 0.254 e. The summed E-state index contributed by atoms with van der Waals surface area (Å²) in [7, 11) is 0. The van der Waals surface area contributed by atoms with E-state index in [2.05, 4.69) is 16.0 Å². The molecule has 0 saturated carbocycles. The first-order chi connectivity index (χ1) is 13.3. The molecule has 3 N–H and O–H groups in total. The fourth-order valence-corrected chi connectivity index (χ4v) is 2.53. The molecular formula is C20H21F2N3O3. The van der Waals surface area contributed by atoms with Crippen LogP contribution < -0.4 is 16.0 Å². The standard InChI is InChI=1S/C20H21F2N3O3/c1-12-17(24-13(2)26)5-3-6-18(12)25-19(27)7-4-10-23-20(28)15-9-8-14(21)11-16(15)22/h3,5-6,8-9,11H,4,7,10H2,1-2H3,(H,23,28)(H,24,26)(H,25,27). The van der Waals surface area contributed by atoms with Crippen molar-refractivity contribution >= 4 is 29.1 Å². The second-order valence-corrected chi connectivity index (χ2v) is 6.19. The Hall–Kier alpha value is -3.29. The summed E-state index contributed by atoms with van der Waals surface area (Å²) >= 11 is 0. The Kier molecular flexibility index (Phi) is 7.20. The van der Waals surface area contributed by atoms with Crippen molar-refractivity contribution in [2.75, 3.05) is 17.2 Å². The molecule has 0 radical (unpaired) electrons. The molecule has 0 aliphatic heterocycles. The van der Waals surface area contributed by atoms with Crippen LogP contribution in [-0.2, 0) is 9.59 Å². The quantitative estimate of drug-likeness (QED) is 0.635. The van der Waals surface area contributed by atoms with Crippen LogP contribution >= 0.6 is 0 Å². The third-order valence-electron chi connectivity index (χ3n) is 3.96. The van der Waals surface area contributed by atoms with Crippen molar-refractivity contribution in [2.45, 2.75) is 26.7 Å². The summed E-state index contributed by atoms with van der Waals surface area (Å²) in [5, 5.41) is 7.93. The van der Waals surface area contributed by atoms with Gasteiger partial charge in [0.25, 0.3) is 5.91 Å². The van der Waals surface area contributed by atoms with E-state index in [1.165, 1.54) is 6.92 Å². The lowest BCUT2D eigenvalue weighted by Gasteiger charge is -2.13. The lowest BCUT2D eigenvalue weighted by Crippen LogP contribution is -2.26. The molecule has 0 aliphatic carbocycles. The average Bonchev–Trinajstić information content (AvgIpc) is 2.61. The SMILES string of the molecule is CC(=O)Nc1cccc(NC(=O)CCCNC(=O)c2ccc(F)cc2F)c1C. The van der Waals surface area contributed by atoms with Gasteiger partial charge in [-0.2, -0.15) is 0 Å². The van der Waals surface area contributed by atoms with Gasteiger partial charge in [-0.05, 0) is 43.2 Å². The highest BCUT2D eigenvalue weighted by atomic mass is 19.1. The van der Waals surface area contributed by atoms with Crippen LogP contribution in [-0.4, -0.2) is 24.3 Å². The Morgan fingerprint density at radius 2 is 1.68 bits per heavy atom. The first-order valence-electron chi connectivity index (χ1n) is 8.68. The summed E-state index contributed by atoms with van der Waals surface area (Å²) in [6, 6.07) is 7.87. The Morgan fingerprint density at radius 1 is 1.00 bits per heavy atom. The predicted molar refractivity (Wildman–Crippen MR) is 102 cm³/mol. The molecule has 0 atom stereocenters. The Balaban J connectivity index is 1.82. The van der Waals surface area contributed by atoms with Crippen molar-refractivity contribution in [3.8, 4) is 0 Å². The number of carbonyl (C=O) groups is 3. The van der Waals surface area contributed by atoms with E-state index in [1.807, 2.05) is 0 Å². The zero-order valence-electron chi connectivity index (χ0n) is 15.6. The monoisotopic (exact) mass is 389 g/mol. The van der Waals surface area contributed by atoms with Gasteiger partial charge >= 0.3 is 0 Å². The highest BCUT2D eigenvalue weighted by molar-refractivity contribution is 5.95. The molecule has 0 bridgehead atoms. The second-order valence-electron chi connectivity index (χ2n) is 6.19. The summed E-state index contributed by atoms with van der Waals surface area (Å²) < 4.78 is 26.4. The van der Waals surface area contributed by atoms with Crippen LogP contribution in [0.5, 0.6) is 0 Å². The molecule has 148 valence electrons. The van der Waals surface area contributed by atoms with E-state index >= 15 is 0 Å². The number of amides is 3. The molecule has 28 heavy (non-hydrogen) atoms. The lowest BCUT2D eigenvalue weighted by molar-refractivity contribution is -0.116. The number of hydrogen-bond donors (Lipinski definition) is 3. The van der Waals surface area contributed by atoms with Gasteiger partial charge in [0, 0.05) is 37.3 Å². The minimum absolute atomic E-state index is 0.135. The summed E-state index contributed by atoms with van der Waals surface area (Å²) in [5.74, 6) is -2.84. The van der Waals surface area contributed by atoms with Crippen LogP contribution in [0.3, 0.4) is 0 Å². The van der Waals surface area contributed by atoms with Crippen LogP contribution in [0.2, 0.25) is 0 Å². The van der Waals surface area contributed by atoms with E-state index in [9.17, 15) is 23.2 Å². The highest BCUT2D eigenvalue weighted by Gasteiger charge is 2.12. The molecule has 2 aromatic carbocycles. The van der Waals surface area contributed by atoms with E-state index in [-0.39, 0.29) is 30.3 Å². The van der Waals surface area contributed by atoms with Gasteiger partial charge in [-0.15, -0.1) is 0 Å². The van der Waals surface area contributed by atoms with Crippen LogP contribution in [0.4, 0.5) is 20.2 Å². The van der Waals surface area contributed by atoms with Crippen LogP contribution in [0, 0.1) is 18.6 Å².